The van der Waals surface area contributed by atoms with Crippen molar-refractivity contribution < 1.29 is 0 Å². The summed E-state index contributed by atoms with van der Waals surface area (Å²) >= 11 is 1.74. The summed E-state index contributed by atoms with van der Waals surface area (Å²) in [4.78, 5) is 16.0. The molecule has 1 fully saturated rings. The molecule has 0 spiro atoms. The molecule has 0 aliphatic carbocycles. The summed E-state index contributed by atoms with van der Waals surface area (Å²) in [7, 11) is 1.91. The van der Waals surface area contributed by atoms with Gasteiger partial charge in [0.1, 0.15) is 5.82 Å². The van der Waals surface area contributed by atoms with E-state index in [9.17, 15) is 0 Å². The standard InChI is InChI=1S/C16H23N5S/c1-12-20-14(11-22-12)10-21-7-3-4-13(9-21)8-15-16(17-2)19-6-5-18-15/h5-6,11,13H,3-4,7-10H2,1-2H3,(H,17,19). The fourth-order valence-electron chi connectivity index (χ4n) is 3.17. The molecule has 1 saturated heterocycles. The second kappa shape index (κ2) is 7.15. The summed E-state index contributed by atoms with van der Waals surface area (Å²) in [5.41, 5.74) is 2.29. The molecule has 2 aromatic rings. The minimum atomic E-state index is 0.650. The molecule has 0 saturated carbocycles. The molecule has 118 valence electrons. The van der Waals surface area contributed by atoms with Gasteiger partial charge in [0.05, 0.1) is 16.4 Å². The number of piperidine rings is 1. The number of likely N-dealkylation sites (tertiary alicyclic amines) is 1. The highest BCUT2D eigenvalue weighted by Crippen LogP contribution is 2.23. The summed E-state index contributed by atoms with van der Waals surface area (Å²) in [6.07, 6.45) is 7.05. The van der Waals surface area contributed by atoms with E-state index in [1.165, 1.54) is 25.1 Å². The zero-order valence-electron chi connectivity index (χ0n) is 13.2. The van der Waals surface area contributed by atoms with Crippen LogP contribution in [0.5, 0.6) is 0 Å². The number of nitrogens with zero attached hydrogens (tertiary/aromatic N) is 4. The smallest absolute Gasteiger partial charge is 0.147 e. The van der Waals surface area contributed by atoms with Crippen LogP contribution in [-0.4, -0.2) is 40.0 Å². The Balaban J connectivity index is 1.60. The van der Waals surface area contributed by atoms with Crippen molar-refractivity contribution in [2.45, 2.75) is 32.7 Å². The van der Waals surface area contributed by atoms with Gasteiger partial charge in [-0.15, -0.1) is 11.3 Å². The van der Waals surface area contributed by atoms with Gasteiger partial charge in [-0.25, -0.2) is 9.97 Å². The van der Waals surface area contributed by atoms with E-state index in [4.69, 9.17) is 0 Å². The lowest BCUT2D eigenvalue weighted by atomic mass is 9.93. The maximum absolute atomic E-state index is 4.59. The fourth-order valence-corrected chi connectivity index (χ4v) is 3.77. The third kappa shape index (κ3) is 3.81. The van der Waals surface area contributed by atoms with Crippen molar-refractivity contribution >= 4 is 17.2 Å². The van der Waals surface area contributed by atoms with Crippen molar-refractivity contribution in [3.05, 3.63) is 34.2 Å². The van der Waals surface area contributed by atoms with Gasteiger partial charge < -0.3 is 5.32 Å². The SMILES string of the molecule is CNc1nccnc1CC1CCCN(Cc2csc(C)n2)C1. The first-order valence-corrected chi connectivity index (χ1v) is 8.73. The first kappa shape index (κ1) is 15.4. The fraction of sp³-hybridized carbons (Fsp3) is 0.562. The highest BCUT2D eigenvalue weighted by atomic mass is 32.1. The number of rotatable bonds is 5. The monoisotopic (exact) mass is 317 g/mol. The second-order valence-electron chi connectivity index (χ2n) is 5.91. The number of hydrogen-bond donors (Lipinski definition) is 1. The Bertz CT molecular complexity index is 612. The van der Waals surface area contributed by atoms with Gasteiger partial charge in [0, 0.05) is 37.9 Å². The van der Waals surface area contributed by atoms with Crippen molar-refractivity contribution in [1.82, 2.24) is 19.9 Å². The van der Waals surface area contributed by atoms with E-state index in [1.54, 1.807) is 23.7 Å². The van der Waals surface area contributed by atoms with Crippen LogP contribution in [0, 0.1) is 12.8 Å². The third-order valence-corrected chi connectivity index (χ3v) is 4.97. The van der Waals surface area contributed by atoms with Crippen molar-refractivity contribution in [3.8, 4) is 0 Å². The quantitative estimate of drug-likeness (QED) is 0.919. The first-order valence-electron chi connectivity index (χ1n) is 7.85. The summed E-state index contributed by atoms with van der Waals surface area (Å²) in [5, 5.41) is 6.48. The van der Waals surface area contributed by atoms with Gasteiger partial charge in [-0.05, 0) is 38.6 Å². The normalized spacial score (nSPS) is 19.3. The minimum Gasteiger partial charge on any atom is -0.372 e. The van der Waals surface area contributed by atoms with E-state index in [0.29, 0.717) is 5.92 Å². The third-order valence-electron chi connectivity index (χ3n) is 4.15. The van der Waals surface area contributed by atoms with Crippen LogP contribution in [0.25, 0.3) is 0 Å². The molecule has 2 aromatic heterocycles. The van der Waals surface area contributed by atoms with Crippen molar-refractivity contribution in [2.24, 2.45) is 5.92 Å². The highest BCUT2D eigenvalue weighted by molar-refractivity contribution is 7.09. The predicted octanol–water partition coefficient (Wildman–Crippen LogP) is 2.74. The maximum atomic E-state index is 4.59. The van der Waals surface area contributed by atoms with E-state index in [2.05, 4.69) is 37.5 Å². The van der Waals surface area contributed by atoms with E-state index < -0.39 is 0 Å². The average Bonchev–Trinajstić information content (AvgIpc) is 2.93. The van der Waals surface area contributed by atoms with E-state index in [1.807, 2.05) is 7.05 Å². The topological polar surface area (TPSA) is 53.9 Å². The van der Waals surface area contributed by atoms with Gasteiger partial charge >= 0.3 is 0 Å². The zero-order chi connectivity index (χ0) is 15.4. The van der Waals surface area contributed by atoms with Gasteiger partial charge in [-0.3, -0.25) is 9.88 Å². The molecule has 0 amide bonds. The molecule has 0 bridgehead atoms. The largest absolute Gasteiger partial charge is 0.372 e. The molecule has 6 heteroatoms. The van der Waals surface area contributed by atoms with Crippen LogP contribution < -0.4 is 5.32 Å². The van der Waals surface area contributed by atoms with Gasteiger partial charge in [-0.2, -0.15) is 0 Å². The van der Waals surface area contributed by atoms with E-state index >= 15 is 0 Å². The Morgan fingerprint density at radius 2 is 2.23 bits per heavy atom. The molecule has 0 aromatic carbocycles. The van der Waals surface area contributed by atoms with Gasteiger partial charge in [0.25, 0.3) is 0 Å². The molecule has 1 unspecified atom stereocenters. The Labute approximate surface area is 135 Å². The predicted molar refractivity (Wildman–Crippen MR) is 90.1 cm³/mol. The number of thiazole rings is 1. The summed E-state index contributed by atoms with van der Waals surface area (Å²) in [6.45, 7) is 5.34. The molecular formula is C16H23N5S. The lowest BCUT2D eigenvalue weighted by molar-refractivity contribution is 0.165. The van der Waals surface area contributed by atoms with Crippen LogP contribution >= 0.6 is 11.3 Å². The van der Waals surface area contributed by atoms with Crippen LogP contribution in [0.2, 0.25) is 0 Å². The molecule has 1 N–H and O–H groups in total. The number of aromatic nitrogens is 3. The van der Waals surface area contributed by atoms with Gasteiger partial charge in [-0.1, -0.05) is 0 Å². The Morgan fingerprint density at radius 1 is 1.36 bits per heavy atom. The lowest BCUT2D eigenvalue weighted by Crippen LogP contribution is -2.36. The molecule has 1 atom stereocenters. The van der Waals surface area contributed by atoms with Crippen LogP contribution in [0.4, 0.5) is 5.82 Å². The number of aryl methyl sites for hydroxylation is 1. The second-order valence-corrected chi connectivity index (χ2v) is 6.97. The van der Waals surface area contributed by atoms with E-state index in [0.717, 1.165) is 36.0 Å². The van der Waals surface area contributed by atoms with Crippen molar-refractivity contribution in [2.75, 3.05) is 25.5 Å². The van der Waals surface area contributed by atoms with Crippen molar-refractivity contribution in [1.29, 1.82) is 0 Å². The van der Waals surface area contributed by atoms with Crippen LogP contribution in [-0.2, 0) is 13.0 Å². The number of nitrogens with one attached hydrogen (secondary N) is 1. The van der Waals surface area contributed by atoms with Gasteiger partial charge in [0.2, 0.25) is 0 Å². The maximum Gasteiger partial charge on any atom is 0.147 e. The molecule has 3 rings (SSSR count). The summed E-state index contributed by atoms with van der Waals surface area (Å²) in [5.74, 6) is 1.56. The highest BCUT2D eigenvalue weighted by Gasteiger charge is 2.22. The van der Waals surface area contributed by atoms with Gasteiger partial charge in [0.15, 0.2) is 0 Å². The molecule has 5 nitrogen and oxygen atoms in total. The van der Waals surface area contributed by atoms with Crippen LogP contribution in [0.1, 0.15) is 29.2 Å². The zero-order valence-corrected chi connectivity index (χ0v) is 14.1. The summed E-state index contributed by atoms with van der Waals surface area (Å²) in [6, 6.07) is 0. The first-order chi connectivity index (χ1) is 10.7. The van der Waals surface area contributed by atoms with Crippen LogP contribution in [0.3, 0.4) is 0 Å². The molecule has 0 radical (unpaired) electrons. The Hall–Kier alpha value is -1.53. The number of hydrogen-bond acceptors (Lipinski definition) is 6. The average molecular weight is 317 g/mol. The molecule has 1 aliphatic rings. The Morgan fingerprint density at radius 3 is 3.00 bits per heavy atom. The molecular weight excluding hydrogens is 294 g/mol. The molecule has 3 heterocycles. The van der Waals surface area contributed by atoms with E-state index in [-0.39, 0.29) is 0 Å². The van der Waals surface area contributed by atoms with Crippen molar-refractivity contribution in [3.63, 3.8) is 0 Å². The summed E-state index contributed by atoms with van der Waals surface area (Å²) < 4.78 is 0. The minimum absolute atomic E-state index is 0.650. The molecule has 1 aliphatic heterocycles. The lowest BCUT2D eigenvalue weighted by Gasteiger charge is -2.32. The molecule has 22 heavy (non-hydrogen) atoms. The van der Waals surface area contributed by atoms with Crippen LogP contribution in [0.15, 0.2) is 17.8 Å². The number of anilines is 1. The Kier molecular flexibility index (Phi) is 5.00.